The molecule has 98 valence electrons. The average Bonchev–Trinajstić information content (AvgIpc) is 3.04. The highest BCUT2D eigenvalue weighted by molar-refractivity contribution is 7.17. The van der Waals surface area contributed by atoms with Crippen LogP contribution in [0.15, 0.2) is 28.2 Å². The summed E-state index contributed by atoms with van der Waals surface area (Å²) in [7, 11) is 0. The molecule has 0 aliphatic carbocycles. The van der Waals surface area contributed by atoms with Crippen molar-refractivity contribution in [1.29, 1.82) is 0 Å². The first-order valence-corrected chi connectivity index (χ1v) is 6.94. The quantitative estimate of drug-likeness (QED) is 0.792. The van der Waals surface area contributed by atoms with Crippen LogP contribution < -0.4 is 0 Å². The summed E-state index contributed by atoms with van der Waals surface area (Å²) in [6, 6.07) is 3.99. The highest BCUT2D eigenvalue weighted by Gasteiger charge is 2.10. The van der Waals surface area contributed by atoms with Crippen LogP contribution in [0.4, 0.5) is 0 Å². The van der Waals surface area contributed by atoms with Gasteiger partial charge in [-0.3, -0.25) is 4.98 Å². The summed E-state index contributed by atoms with van der Waals surface area (Å²) in [5, 5.41) is 15.2. The van der Waals surface area contributed by atoms with Gasteiger partial charge < -0.3 is 9.63 Å². The second-order valence-corrected chi connectivity index (χ2v) is 5.38. The molecule has 3 heterocycles. The summed E-state index contributed by atoms with van der Waals surface area (Å²) in [6.07, 6.45) is 2.58. The summed E-state index contributed by atoms with van der Waals surface area (Å²) in [5.41, 5.74) is 1.83. The molecule has 0 saturated carbocycles. The first-order chi connectivity index (χ1) is 9.22. The van der Waals surface area contributed by atoms with Crippen LogP contribution in [0, 0.1) is 0 Å². The van der Waals surface area contributed by atoms with Crippen LogP contribution in [0.5, 0.6) is 0 Å². The molecule has 0 bridgehead atoms. The molecule has 3 aromatic heterocycles. The van der Waals surface area contributed by atoms with Crippen molar-refractivity contribution in [1.82, 2.24) is 15.1 Å². The average molecular weight is 275 g/mol. The number of pyridine rings is 1. The van der Waals surface area contributed by atoms with Crippen LogP contribution in [0.1, 0.15) is 19.2 Å². The van der Waals surface area contributed by atoms with Crippen LogP contribution in [-0.2, 0) is 6.42 Å². The monoisotopic (exact) mass is 275 g/mol. The largest absolute Gasteiger partial charge is 0.393 e. The van der Waals surface area contributed by atoms with Gasteiger partial charge in [0.15, 0.2) is 0 Å². The highest BCUT2D eigenvalue weighted by atomic mass is 32.1. The molecule has 0 radical (unpaired) electrons. The molecular formula is C13H13N3O2S. The van der Waals surface area contributed by atoms with Crippen molar-refractivity contribution in [2.45, 2.75) is 25.9 Å². The maximum absolute atomic E-state index is 9.23. The molecular weight excluding hydrogens is 262 g/mol. The summed E-state index contributed by atoms with van der Waals surface area (Å²) in [4.78, 5) is 8.67. The fraction of sp³-hybridized carbons (Fsp3) is 0.308. The number of rotatable bonds is 4. The number of aliphatic hydroxyl groups is 1. The van der Waals surface area contributed by atoms with E-state index < -0.39 is 0 Å². The van der Waals surface area contributed by atoms with E-state index in [1.54, 1.807) is 24.5 Å². The molecule has 1 unspecified atom stereocenters. The third-order valence-corrected chi connectivity index (χ3v) is 3.66. The maximum Gasteiger partial charge on any atom is 0.227 e. The maximum atomic E-state index is 9.23. The van der Waals surface area contributed by atoms with Gasteiger partial charge in [-0.05, 0) is 30.9 Å². The van der Waals surface area contributed by atoms with E-state index in [0.29, 0.717) is 24.6 Å². The molecule has 3 aromatic rings. The van der Waals surface area contributed by atoms with Gasteiger partial charge in [-0.25, -0.2) is 0 Å². The summed E-state index contributed by atoms with van der Waals surface area (Å²) >= 11 is 1.64. The summed E-state index contributed by atoms with van der Waals surface area (Å²) in [5.74, 6) is 1.09. The number of nitrogens with zero attached hydrogens (tertiary/aromatic N) is 3. The van der Waals surface area contributed by atoms with Gasteiger partial charge in [0.25, 0.3) is 0 Å². The van der Waals surface area contributed by atoms with Crippen molar-refractivity contribution in [3.63, 3.8) is 0 Å². The van der Waals surface area contributed by atoms with Gasteiger partial charge in [-0.15, -0.1) is 11.3 Å². The molecule has 0 aliphatic rings. The predicted molar refractivity (Wildman–Crippen MR) is 72.9 cm³/mol. The minimum atomic E-state index is -0.362. The highest BCUT2D eigenvalue weighted by Crippen LogP contribution is 2.24. The Kier molecular flexibility index (Phi) is 3.27. The fourth-order valence-electron chi connectivity index (χ4n) is 1.77. The van der Waals surface area contributed by atoms with Crippen molar-refractivity contribution in [2.75, 3.05) is 0 Å². The van der Waals surface area contributed by atoms with Gasteiger partial charge in [0, 0.05) is 18.2 Å². The summed E-state index contributed by atoms with van der Waals surface area (Å²) in [6.45, 7) is 1.74. The van der Waals surface area contributed by atoms with Gasteiger partial charge >= 0.3 is 0 Å². The summed E-state index contributed by atoms with van der Waals surface area (Å²) < 4.78 is 6.27. The number of hydrogen-bond donors (Lipinski definition) is 1. The first kappa shape index (κ1) is 12.3. The lowest BCUT2D eigenvalue weighted by Gasteiger charge is -1.98. The van der Waals surface area contributed by atoms with E-state index in [4.69, 9.17) is 4.52 Å². The lowest BCUT2D eigenvalue weighted by Crippen LogP contribution is -2.01. The molecule has 1 N–H and O–H groups in total. The predicted octanol–water partition coefficient (Wildman–Crippen LogP) is 2.66. The van der Waals surface area contributed by atoms with E-state index in [-0.39, 0.29) is 6.10 Å². The number of aryl methyl sites for hydroxylation is 1. The number of hydrogen-bond acceptors (Lipinski definition) is 6. The van der Waals surface area contributed by atoms with E-state index in [2.05, 4.69) is 15.1 Å². The molecule has 0 saturated heterocycles. The molecule has 0 fully saturated rings. The molecule has 0 amide bonds. The molecule has 19 heavy (non-hydrogen) atoms. The molecule has 1 atom stereocenters. The second kappa shape index (κ2) is 5.07. The van der Waals surface area contributed by atoms with Crippen LogP contribution in [0.25, 0.3) is 21.6 Å². The zero-order chi connectivity index (χ0) is 13.2. The zero-order valence-corrected chi connectivity index (χ0v) is 11.2. The Balaban J connectivity index is 1.85. The Morgan fingerprint density at radius 3 is 3.21 bits per heavy atom. The Bertz CT molecular complexity index is 690. The smallest absolute Gasteiger partial charge is 0.227 e. The molecule has 0 aromatic carbocycles. The molecule has 3 rings (SSSR count). The van der Waals surface area contributed by atoms with Crippen LogP contribution in [-0.4, -0.2) is 26.3 Å². The Morgan fingerprint density at radius 1 is 1.47 bits per heavy atom. The fourth-order valence-corrected chi connectivity index (χ4v) is 2.55. The Morgan fingerprint density at radius 2 is 2.37 bits per heavy atom. The number of aromatic nitrogens is 3. The van der Waals surface area contributed by atoms with E-state index >= 15 is 0 Å². The van der Waals surface area contributed by atoms with Crippen molar-refractivity contribution in [3.8, 4) is 11.4 Å². The first-order valence-electron chi connectivity index (χ1n) is 6.06. The number of aliphatic hydroxyl groups excluding tert-OH is 1. The van der Waals surface area contributed by atoms with Gasteiger partial charge in [0.1, 0.15) is 0 Å². The standard InChI is InChI=1S/C13H13N3O2S/c1-8(17)2-3-12-15-13(16-18-12)9-6-11-10(14-7-9)4-5-19-11/h4-8,17H,2-3H2,1H3. The second-order valence-electron chi connectivity index (χ2n) is 4.43. The lowest BCUT2D eigenvalue weighted by molar-refractivity contribution is 0.180. The van der Waals surface area contributed by atoms with Crippen LogP contribution in [0.3, 0.4) is 0 Å². The molecule has 0 spiro atoms. The zero-order valence-electron chi connectivity index (χ0n) is 10.4. The minimum Gasteiger partial charge on any atom is -0.393 e. The molecule has 5 nitrogen and oxygen atoms in total. The normalized spacial score (nSPS) is 12.9. The molecule has 0 aliphatic heterocycles. The van der Waals surface area contributed by atoms with Gasteiger partial charge in [0.2, 0.25) is 11.7 Å². The lowest BCUT2D eigenvalue weighted by atomic mass is 10.2. The third-order valence-electron chi connectivity index (χ3n) is 2.80. The Hall–Kier alpha value is -1.79. The van der Waals surface area contributed by atoms with E-state index in [1.165, 1.54) is 0 Å². The molecule has 6 heteroatoms. The van der Waals surface area contributed by atoms with Gasteiger partial charge in [-0.2, -0.15) is 4.98 Å². The van der Waals surface area contributed by atoms with Crippen LogP contribution >= 0.6 is 11.3 Å². The minimum absolute atomic E-state index is 0.362. The number of fused-ring (bicyclic) bond motifs is 1. The third kappa shape index (κ3) is 2.64. The van der Waals surface area contributed by atoms with Crippen molar-refractivity contribution in [2.24, 2.45) is 0 Å². The van der Waals surface area contributed by atoms with E-state index in [9.17, 15) is 5.11 Å². The van der Waals surface area contributed by atoms with Crippen molar-refractivity contribution in [3.05, 3.63) is 29.6 Å². The van der Waals surface area contributed by atoms with Crippen molar-refractivity contribution < 1.29 is 9.63 Å². The van der Waals surface area contributed by atoms with Crippen molar-refractivity contribution >= 4 is 21.6 Å². The van der Waals surface area contributed by atoms with E-state index in [1.807, 2.05) is 17.5 Å². The SMILES string of the molecule is CC(O)CCc1nc(-c2cnc3ccsc3c2)no1. The van der Waals surface area contributed by atoms with Crippen LogP contribution in [0.2, 0.25) is 0 Å². The van der Waals surface area contributed by atoms with E-state index in [0.717, 1.165) is 15.8 Å². The topological polar surface area (TPSA) is 72.0 Å². The van der Waals surface area contributed by atoms with Gasteiger partial charge in [-0.1, -0.05) is 5.16 Å². The number of thiophene rings is 1. The Labute approximate surface area is 113 Å². The van der Waals surface area contributed by atoms with Gasteiger partial charge in [0.05, 0.1) is 16.3 Å².